The van der Waals surface area contributed by atoms with Crippen molar-refractivity contribution in [2.75, 3.05) is 11.1 Å². The molecule has 0 bridgehead atoms. The number of aryl methyl sites for hydroxylation is 1. The summed E-state index contributed by atoms with van der Waals surface area (Å²) in [4.78, 5) is 15.6. The van der Waals surface area contributed by atoms with Crippen LogP contribution in [0.3, 0.4) is 0 Å². The average Bonchev–Trinajstić information content (AvgIpc) is 2.70. The van der Waals surface area contributed by atoms with Gasteiger partial charge in [0.25, 0.3) is 5.91 Å². The highest BCUT2D eigenvalue weighted by Crippen LogP contribution is 2.22. The first kappa shape index (κ1) is 11.1. The summed E-state index contributed by atoms with van der Waals surface area (Å²) in [6.07, 6.45) is 3.02. The van der Waals surface area contributed by atoms with Gasteiger partial charge in [-0.3, -0.25) is 4.79 Å². The fourth-order valence-electron chi connectivity index (χ4n) is 1.38. The van der Waals surface area contributed by atoms with Crippen molar-refractivity contribution in [3.8, 4) is 0 Å². The molecule has 0 radical (unpaired) electrons. The van der Waals surface area contributed by atoms with Crippen LogP contribution in [0, 0.1) is 5.82 Å². The SMILES string of the molecule is Cn1cnc(C(=O)Nc2c(N)cccc2F)c1. The molecule has 0 atom stereocenters. The second kappa shape index (κ2) is 4.25. The van der Waals surface area contributed by atoms with E-state index in [1.165, 1.54) is 30.7 Å². The van der Waals surface area contributed by atoms with Gasteiger partial charge in [0.2, 0.25) is 0 Å². The van der Waals surface area contributed by atoms with E-state index in [2.05, 4.69) is 10.3 Å². The molecule has 1 aromatic carbocycles. The van der Waals surface area contributed by atoms with E-state index in [0.717, 1.165) is 0 Å². The van der Waals surface area contributed by atoms with Gasteiger partial charge in [-0.2, -0.15) is 0 Å². The zero-order chi connectivity index (χ0) is 12.4. The molecule has 0 aliphatic heterocycles. The highest BCUT2D eigenvalue weighted by atomic mass is 19.1. The molecule has 88 valence electrons. The van der Waals surface area contributed by atoms with Gasteiger partial charge in [-0.25, -0.2) is 9.37 Å². The minimum absolute atomic E-state index is 0.0249. The predicted molar refractivity (Wildman–Crippen MR) is 62.0 cm³/mol. The first-order valence-corrected chi connectivity index (χ1v) is 4.91. The summed E-state index contributed by atoms with van der Waals surface area (Å²) >= 11 is 0. The number of halogens is 1. The standard InChI is InChI=1S/C11H11FN4O/c1-16-5-9(14-6-16)11(17)15-10-7(12)3-2-4-8(10)13/h2-6H,13H2,1H3,(H,15,17). The predicted octanol–water partition coefficient (Wildman–Crippen LogP) is 1.39. The van der Waals surface area contributed by atoms with E-state index >= 15 is 0 Å². The van der Waals surface area contributed by atoms with Gasteiger partial charge in [0, 0.05) is 13.2 Å². The van der Waals surface area contributed by atoms with Crippen LogP contribution in [-0.4, -0.2) is 15.5 Å². The maximum atomic E-state index is 13.4. The molecule has 6 heteroatoms. The lowest BCUT2D eigenvalue weighted by Gasteiger charge is -2.07. The van der Waals surface area contributed by atoms with Crippen molar-refractivity contribution in [1.82, 2.24) is 9.55 Å². The van der Waals surface area contributed by atoms with Gasteiger partial charge in [-0.1, -0.05) is 6.07 Å². The lowest BCUT2D eigenvalue weighted by Crippen LogP contribution is -2.14. The Morgan fingerprint density at radius 2 is 2.29 bits per heavy atom. The zero-order valence-electron chi connectivity index (χ0n) is 9.14. The third-order valence-corrected chi connectivity index (χ3v) is 2.22. The summed E-state index contributed by atoms with van der Waals surface area (Å²) in [6.45, 7) is 0. The molecule has 0 aliphatic carbocycles. The summed E-state index contributed by atoms with van der Waals surface area (Å²) in [5.74, 6) is -1.07. The lowest BCUT2D eigenvalue weighted by molar-refractivity contribution is 0.102. The van der Waals surface area contributed by atoms with E-state index < -0.39 is 11.7 Å². The summed E-state index contributed by atoms with van der Waals surface area (Å²) in [6, 6.07) is 4.21. The monoisotopic (exact) mass is 234 g/mol. The second-order valence-corrected chi connectivity index (χ2v) is 3.58. The Morgan fingerprint density at radius 1 is 1.53 bits per heavy atom. The fraction of sp³-hybridized carbons (Fsp3) is 0.0909. The van der Waals surface area contributed by atoms with E-state index in [1.807, 2.05) is 0 Å². The number of hydrogen-bond donors (Lipinski definition) is 2. The van der Waals surface area contributed by atoms with Gasteiger partial charge in [0.1, 0.15) is 17.2 Å². The molecule has 0 unspecified atom stereocenters. The summed E-state index contributed by atoms with van der Waals surface area (Å²) in [5.41, 5.74) is 5.93. The topological polar surface area (TPSA) is 72.9 Å². The molecular weight excluding hydrogens is 223 g/mol. The zero-order valence-corrected chi connectivity index (χ0v) is 9.14. The Hall–Kier alpha value is -2.37. The second-order valence-electron chi connectivity index (χ2n) is 3.58. The van der Waals surface area contributed by atoms with E-state index in [-0.39, 0.29) is 17.1 Å². The molecule has 0 spiro atoms. The van der Waals surface area contributed by atoms with Crippen molar-refractivity contribution >= 4 is 17.3 Å². The molecule has 0 saturated carbocycles. The number of para-hydroxylation sites is 1. The Balaban J connectivity index is 2.24. The van der Waals surface area contributed by atoms with Gasteiger partial charge in [0.05, 0.1) is 12.0 Å². The maximum Gasteiger partial charge on any atom is 0.275 e. The normalized spacial score (nSPS) is 10.2. The first-order valence-electron chi connectivity index (χ1n) is 4.91. The van der Waals surface area contributed by atoms with Crippen LogP contribution < -0.4 is 11.1 Å². The molecule has 2 rings (SSSR count). The van der Waals surface area contributed by atoms with Crippen LogP contribution in [0.5, 0.6) is 0 Å². The number of nitrogens with one attached hydrogen (secondary N) is 1. The maximum absolute atomic E-state index is 13.4. The van der Waals surface area contributed by atoms with Gasteiger partial charge >= 0.3 is 0 Å². The van der Waals surface area contributed by atoms with Crippen molar-refractivity contribution in [2.45, 2.75) is 0 Å². The Morgan fingerprint density at radius 3 is 2.88 bits per heavy atom. The number of hydrogen-bond acceptors (Lipinski definition) is 3. The van der Waals surface area contributed by atoms with Crippen molar-refractivity contribution in [1.29, 1.82) is 0 Å². The van der Waals surface area contributed by atoms with E-state index in [4.69, 9.17) is 5.73 Å². The number of anilines is 2. The molecule has 3 N–H and O–H groups in total. The summed E-state index contributed by atoms with van der Waals surface area (Å²) < 4.78 is 15.0. The third kappa shape index (κ3) is 2.25. The van der Waals surface area contributed by atoms with E-state index in [0.29, 0.717) is 0 Å². The molecule has 0 saturated heterocycles. The van der Waals surface area contributed by atoms with Crippen molar-refractivity contribution < 1.29 is 9.18 Å². The fourth-order valence-corrected chi connectivity index (χ4v) is 1.38. The molecule has 5 nitrogen and oxygen atoms in total. The molecule has 0 aliphatic rings. The number of nitrogens with two attached hydrogens (primary N) is 1. The molecule has 17 heavy (non-hydrogen) atoms. The largest absolute Gasteiger partial charge is 0.397 e. The number of amides is 1. The molecular formula is C11H11FN4O. The Kier molecular flexibility index (Phi) is 2.78. The van der Waals surface area contributed by atoms with Crippen molar-refractivity contribution in [2.24, 2.45) is 7.05 Å². The Bertz CT molecular complexity index is 544. The van der Waals surface area contributed by atoms with Gasteiger partial charge < -0.3 is 15.6 Å². The van der Waals surface area contributed by atoms with E-state index in [9.17, 15) is 9.18 Å². The Labute approximate surface area is 97.1 Å². The number of carbonyl (C=O) groups is 1. The van der Waals surface area contributed by atoms with Gasteiger partial charge in [0.15, 0.2) is 0 Å². The number of benzene rings is 1. The molecule has 1 aromatic heterocycles. The molecule has 1 heterocycles. The van der Waals surface area contributed by atoms with Crippen LogP contribution in [0.2, 0.25) is 0 Å². The minimum atomic E-state index is -0.575. The quantitative estimate of drug-likeness (QED) is 0.771. The third-order valence-electron chi connectivity index (χ3n) is 2.22. The van der Waals surface area contributed by atoms with Crippen molar-refractivity contribution in [3.63, 3.8) is 0 Å². The highest BCUT2D eigenvalue weighted by Gasteiger charge is 2.13. The van der Waals surface area contributed by atoms with Crippen LogP contribution in [0.25, 0.3) is 0 Å². The number of aromatic nitrogens is 2. The highest BCUT2D eigenvalue weighted by molar-refractivity contribution is 6.04. The van der Waals surface area contributed by atoms with E-state index in [1.54, 1.807) is 11.6 Å². The summed E-state index contributed by atoms with van der Waals surface area (Å²) in [5, 5.41) is 2.39. The molecule has 0 fully saturated rings. The van der Waals surface area contributed by atoms with Crippen LogP contribution >= 0.6 is 0 Å². The number of rotatable bonds is 2. The van der Waals surface area contributed by atoms with Gasteiger partial charge in [-0.15, -0.1) is 0 Å². The summed E-state index contributed by atoms with van der Waals surface area (Å²) in [7, 11) is 1.74. The van der Waals surface area contributed by atoms with Crippen LogP contribution in [-0.2, 0) is 7.05 Å². The number of carbonyl (C=O) groups excluding carboxylic acids is 1. The first-order chi connectivity index (χ1) is 8.08. The van der Waals surface area contributed by atoms with Crippen molar-refractivity contribution in [3.05, 3.63) is 42.2 Å². The number of imidazole rings is 1. The smallest absolute Gasteiger partial charge is 0.275 e. The van der Waals surface area contributed by atoms with Crippen LogP contribution in [0.15, 0.2) is 30.7 Å². The minimum Gasteiger partial charge on any atom is -0.397 e. The number of nitrogen functional groups attached to an aromatic ring is 1. The van der Waals surface area contributed by atoms with Crippen LogP contribution in [0.4, 0.5) is 15.8 Å². The van der Waals surface area contributed by atoms with Crippen LogP contribution in [0.1, 0.15) is 10.5 Å². The lowest BCUT2D eigenvalue weighted by atomic mass is 10.2. The molecule has 2 aromatic rings. The average molecular weight is 234 g/mol. The van der Waals surface area contributed by atoms with Gasteiger partial charge in [-0.05, 0) is 12.1 Å². The number of nitrogens with zero attached hydrogens (tertiary/aromatic N) is 2. The molecule has 1 amide bonds.